The van der Waals surface area contributed by atoms with Gasteiger partial charge in [-0.05, 0) is 25.9 Å². The second kappa shape index (κ2) is 2.80. The molecule has 0 aliphatic carbocycles. The highest BCUT2D eigenvalue weighted by molar-refractivity contribution is 4.76. The zero-order valence-electron chi connectivity index (χ0n) is 5.74. The van der Waals surface area contributed by atoms with Gasteiger partial charge in [0, 0.05) is 5.92 Å². The summed E-state index contributed by atoms with van der Waals surface area (Å²) in [6.45, 7) is 1.33. The molecular formula is C6H12F2N2. The van der Waals surface area contributed by atoms with Gasteiger partial charge in [-0.1, -0.05) is 0 Å². The monoisotopic (exact) mass is 150 g/mol. The third kappa shape index (κ3) is 1.88. The highest BCUT2D eigenvalue weighted by Gasteiger charge is 2.35. The van der Waals surface area contributed by atoms with Crippen LogP contribution in [0, 0.1) is 5.92 Å². The lowest BCUT2D eigenvalue weighted by atomic mass is 9.96. The fourth-order valence-corrected chi connectivity index (χ4v) is 1.21. The number of hydrogen-bond acceptors (Lipinski definition) is 2. The number of piperidine rings is 1. The van der Waals surface area contributed by atoms with Crippen molar-refractivity contribution in [2.75, 3.05) is 13.1 Å². The Morgan fingerprint density at radius 1 is 1.30 bits per heavy atom. The molecule has 0 spiro atoms. The molecular weight excluding hydrogens is 138 g/mol. The van der Waals surface area contributed by atoms with Crippen molar-refractivity contribution in [3.63, 3.8) is 0 Å². The maximum atomic E-state index is 12.4. The van der Waals surface area contributed by atoms with Crippen LogP contribution in [0.2, 0.25) is 0 Å². The Morgan fingerprint density at radius 3 is 2.10 bits per heavy atom. The molecule has 0 unspecified atom stereocenters. The van der Waals surface area contributed by atoms with Gasteiger partial charge in [-0.25, -0.2) is 0 Å². The molecule has 0 aromatic rings. The van der Waals surface area contributed by atoms with Crippen LogP contribution in [-0.4, -0.2) is 19.1 Å². The van der Waals surface area contributed by atoms with E-state index in [4.69, 9.17) is 0 Å². The summed E-state index contributed by atoms with van der Waals surface area (Å²) < 4.78 is 24.7. The lowest BCUT2D eigenvalue weighted by Crippen LogP contribution is -2.43. The van der Waals surface area contributed by atoms with Crippen LogP contribution in [0.15, 0.2) is 0 Å². The van der Waals surface area contributed by atoms with Crippen molar-refractivity contribution >= 4 is 0 Å². The van der Waals surface area contributed by atoms with Crippen molar-refractivity contribution in [3.8, 4) is 0 Å². The molecule has 1 saturated heterocycles. The van der Waals surface area contributed by atoms with Crippen LogP contribution >= 0.6 is 0 Å². The van der Waals surface area contributed by atoms with Gasteiger partial charge in [-0.3, -0.25) is 5.73 Å². The van der Waals surface area contributed by atoms with E-state index in [0.717, 1.165) is 0 Å². The summed E-state index contributed by atoms with van der Waals surface area (Å²) in [7, 11) is 0. The zero-order chi connectivity index (χ0) is 7.61. The molecule has 1 heterocycles. The van der Waals surface area contributed by atoms with E-state index in [1.165, 1.54) is 0 Å². The molecule has 0 radical (unpaired) electrons. The fraction of sp³-hybridized carbons (Fsp3) is 1.00. The maximum absolute atomic E-state index is 12.4. The quantitative estimate of drug-likeness (QED) is 0.535. The molecule has 4 heteroatoms. The average molecular weight is 150 g/mol. The van der Waals surface area contributed by atoms with Gasteiger partial charge in [-0.2, -0.15) is 8.78 Å². The third-order valence-corrected chi connectivity index (χ3v) is 1.88. The second-order valence-electron chi connectivity index (χ2n) is 2.70. The number of halogens is 2. The number of nitrogens with one attached hydrogen (secondary N) is 1. The highest BCUT2D eigenvalue weighted by Crippen LogP contribution is 2.25. The van der Waals surface area contributed by atoms with Crippen molar-refractivity contribution in [1.29, 1.82) is 0 Å². The Kier molecular flexibility index (Phi) is 2.21. The van der Waals surface area contributed by atoms with E-state index in [1.54, 1.807) is 0 Å². The summed E-state index contributed by atoms with van der Waals surface area (Å²) in [6, 6.07) is -2.97. The van der Waals surface area contributed by atoms with Gasteiger partial charge in [0.2, 0.25) is 0 Å². The predicted molar refractivity (Wildman–Crippen MR) is 34.7 cm³/mol. The maximum Gasteiger partial charge on any atom is 0.302 e. The molecule has 10 heavy (non-hydrogen) atoms. The molecule has 1 rings (SSSR count). The van der Waals surface area contributed by atoms with Crippen LogP contribution in [0.4, 0.5) is 8.78 Å². The van der Waals surface area contributed by atoms with E-state index in [2.05, 4.69) is 11.1 Å². The SMILES string of the molecule is NC(F)(F)C1CCNCC1. The van der Waals surface area contributed by atoms with Crippen LogP contribution in [0.5, 0.6) is 0 Å². The average Bonchev–Trinajstić information content (AvgIpc) is 1.88. The lowest BCUT2D eigenvalue weighted by molar-refractivity contribution is -0.0623. The normalized spacial score (nSPS) is 23.1. The van der Waals surface area contributed by atoms with E-state index >= 15 is 0 Å². The summed E-state index contributed by atoms with van der Waals surface area (Å²) in [5.41, 5.74) is 4.65. The molecule has 60 valence electrons. The van der Waals surface area contributed by atoms with E-state index in [9.17, 15) is 8.78 Å². The number of nitrogens with two attached hydrogens (primary N) is 1. The van der Waals surface area contributed by atoms with Gasteiger partial charge in [-0.15, -0.1) is 0 Å². The van der Waals surface area contributed by atoms with Crippen molar-refractivity contribution in [2.24, 2.45) is 11.7 Å². The Bertz CT molecular complexity index is 105. The number of rotatable bonds is 1. The summed E-state index contributed by atoms with van der Waals surface area (Å²) >= 11 is 0. The van der Waals surface area contributed by atoms with Crippen LogP contribution < -0.4 is 11.1 Å². The molecule has 0 aromatic heterocycles. The zero-order valence-corrected chi connectivity index (χ0v) is 5.74. The third-order valence-electron chi connectivity index (χ3n) is 1.88. The topological polar surface area (TPSA) is 38.0 Å². The van der Waals surface area contributed by atoms with E-state index in [1.807, 2.05) is 0 Å². The molecule has 1 fully saturated rings. The molecule has 2 nitrogen and oxygen atoms in total. The van der Waals surface area contributed by atoms with Crippen LogP contribution in [0.3, 0.4) is 0 Å². The summed E-state index contributed by atoms with van der Waals surface area (Å²) in [4.78, 5) is 0. The molecule has 3 N–H and O–H groups in total. The number of alkyl halides is 2. The van der Waals surface area contributed by atoms with Gasteiger partial charge in [0.1, 0.15) is 0 Å². The smallest absolute Gasteiger partial charge is 0.302 e. The molecule has 0 aromatic carbocycles. The summed E-state index contributed by atoms with van der Waals surface area (Å²) in [5.74, 6) is -0.617. The van der Waals surface area contributed by atoms with Gasteiger partial charge in [0.05, 0.1) is 0 Å². The molecule has 0 atom stereocenters. The minimum absolute atomic E-state index is 0.490. The molecule has 1 aliphatic heterocycles. The van der Waals surface area contributed by atoms with Gasteiger partial charge >= 0.3 is 6.05 Å². The van der Waals surface area contributed by atoms with Crippen molar-refractivity contribution in [1.82, 2.24) is 5.32 Å². The van der Waals surface area contributed by atoms with Gasteiger partial charge in [0.15, 0.2) is 0 Å². The van der Waals surface area contributed by atoms with Crippen molar-refractivity contribution in [2.45, 2.75) is 18.9 Å². The summed E-state index contributed by atoms with van der Waals surface area (Å²) in [6.07, 6.45) is 0.979. The molecule has 1 aliphatic rings. The van der Waals surface area contributed by atoms with Crippen LogP contribution in [-0.2, 0) is 0 Å². The van der Waals surface area contributed by atoms with E-state index in [0.29, 0.717) is 25.9 Å². The highest BCUT2D eigenvalue weighted by atomic mass is 19.3. The minimum Gasteiger partial charge on any atom is -0.317 e. The Labute approximate surface area is 58.8 Å². The second-order valence-corrected chi connectivity index (χ2v) is 2.70. The van der Waals surface area contributed by atoms with Crippen LogP contribution in [0.1, 0.15) is 12.8 Å². The lowest BCUT2D eigenvalue weighted by Gasteiger charge is -2.27. The Hall–Kier alpha value is -0.220. The van der Waals surface area contributed by atoms with Crippen molar-refractivity contribution < 1.29 is 8.78 Å². The predicted octanol–water partition coefficient (Wildman–Crippen LogP) is 0.537. The Balaban J connectivity index is 2.39. The summed E-state index contributed by atoms with van der Waals surface area (Å²) in [5, 5.41) is 3.00. The first-order valence-corrected chi connectivity index (χ1v) is 3.48. The molecule has 0 bridgehead atoms. The first-order valence-electron chi connectivity index (χ1n) is 3.48. The van der Waals surface area contributed by atoms with Crippen LogP contribution in [0.25, 0.3) is 0 Å². The molecule has 0 saturated carbocycles. The largest absolute Gasteiger partial charge is 0.317 e. The van der Waals surface area contributed by atoms with E-state index < -0.39 is 12.0 Å². The van der Waals surface area contributed by atoms with E-state index in [-0.39, 0.29) is 0 Å². The van der Waals surface area contributed by atoms with Crippen molar-refractivity contribution in [3.05, 3.63) is 0 Å². The van der Waals surface area contributed by atoms with Gasteiger partial charge < -0.3 is 5.32 Å². The standard InChI is InChI=1S/C6H12F2N2/c7-6(8,9)5-1-3-10-4-2-5/h5,10H,1-4,9H2. The molecule has 0 amide bonds. The number of hydrogen-bond donors (Lipinski definition) is 2. The fourth-order valence-electron chi connectivity index (χ4n) is 1.21. The minimum atomic E-state index is -2.97. The Morgan fingerprint density at radius 2 is 1.80 bits per heavy atom. The first-order chi connectivity index (χ1) is 4.61. The first kappa shape index (κ1) is 7.88. The van der Waals surface area contributed by atoms with Gasteiger partial charge in [0.25, 0.3) is 0 Å².